The summed E-state index contributed by atoms with van der Waals surface area (Å²) in [7, 11) is 0. The fourth-order valence-corrected chi connectivity index (χ4v) is 4.23. The van der Waals surface area contributed by atoms with Crippen LogP contribution >= 0.6 is 23.5 Å². The Morgan fingerprint density at radius 1 is 1.27 bits per heavy atom. The van der Waals surface area contributed by atoms with Crippen molar-refractivity contribution < 1.29 is 4.74 Å². The SMILES string of the molecule is C1CSC(C2NCCO2)SC1. The molecular formula is C7H13NOS2. The van der Waals surface area contributed by atoms with Crippen LogP contribution < -0.4 is 5.32 Å². The molecule has 0 aliphatic carbocycles. The lowest BCUT2D eigenvalue weighted by Crippen LogP contribution is -2.33. The Kier molecular flexibility index (Phi) is 3.01. The highest BCUT2D eigenvalue weighted by Gasteiger charge is 2.27. The van der Waals surface area contributed by atoms with Crippen LogP contribution in [0.2, 0.25) is 0 Å². The van der Waals surface area contributed by atoms with Crippen molar-refractivity contribution >= 4 is 23.5 Å². The van der Waals surface area contributed by atoms with Gasteiger partial charge in [-0.05, 0) is 17.9 Å². The summed E-state index contributed by atoms with van der Waals surface area (Å²) in [6.07, 6.45) is 1.68. The molecule has 2 heterocycles. The summed E-state index contributed by atoms with van der Waals surface area (Å²) in [5, 5.41) is 3.36. The van der Waals surface area contributed by atoms with Gasteiger partial charge < -0.3 is 4.74 Å². The van der Waals surface area contributed by atoms with E-state index in [-0.39, 0.29) is 0 Å². The van der Waals surface area contributed by atoms with Gasteiger partial charge in [-0.15, -0.1) is 23.5 Å². The number of nitrogens with one attached hydrogen (secondary N) is 1. The molecule has 1 N–H and O–H groups in total. The predicted octanol–water partition coefficient (Wildman–Crippen LogP) is 1.13. The van der Waals surface area contributed by atoms with E-state index in [0.717, 1.165) is 13.2 Å². The van der Waals surface area contributed by atoms with E-state index in [1.807, 2.05) is 23.5 Å². The van der Waals surface area contributed by atoms with Crippen LogP contribution in [-0.4, -0.2) is 35.5 Å². The monoisotopic (exact) mass is 191 g/mol. The zero-order valence-corrected chi connectivity index (χ0v) is 8.05. The smallest absolute Gasteiger partial charge is 0.129 e. The van der Waals surface area contributed by atoms with E-state index in [1.54, 1.807) is 0 Å². The van der Waals surface area contributed by atoms with Gasteiger partial charge in [0.05, 0.1) is 11.2 Å². The van der Waals surface area contributed by atoms with Crippen molar-refractivity contribution in [2.45, 2.75) is 17.2 Å². The second kappa shape index (κ2) is 4.03. The quantitative estimate of drug-likeness (QED) is 0.670. The number of ether oxygens (including phenoxy) is 1. The van der Waals surface area contributed by atoms with Crippen LogP contribution in [0.25, 0.3) is 0 Å². The molecule has 2 aliphatic heterocycles. The zero-order chi connectivity index (χ0) is 7.52. The van der Waals surface area contributed by atoms with Gasteiger partial charge in [0.15, 0.2) is 0 Å². The van der Waals surface area contributed by atoms with Crippen LogP contribution in [0.15, 0.2) is 0 Å². The molecule has 64 valence electrons. The van der Waals surface area contributed by atoms with E-state index in [2.05, 4.69) is 5.32 Å². The first-order valence-electron chi connectivity index (χ1n) is 4.05. The average molecular weight is 191 g/mol. The molecule has 2 fully saturated rings. The van der Waals surface area contributed by atoms with Crippen LogP contribution in [0.4, 0.5) is 0 Å². The maximum Gasteiger partial charge on any atom is 0.129 e. The molecule has 0 aromatic heterocycles. The molecule has 1 unspecified atom stereocenters. The molecule has 1 atom stereocenters. The summed E-state index contributed by atoms with van der Waals surface area (Å²) < 4.78 is 6.18. The van der Waals surface area contributed by atoms with Crippen LogP contribution in [0.3, 0.4) is 0 Å². The lowest BCUT2D eigenvalue weighted by molar-refractivity contribution is 0.114. The van der Waals surface area contributed by atoms with Gasteiger partial charge in [0.1, 0.15) is 6.23 Å². The first kappa shape index (κ1) is 8.23. The van der Waals surface area contributed by atoms with Crippen molar-refractivity contribution in [1.29, 1.82) is 0 Å². The van der Waals surface area contributed by atoms with E-state index in [4.69, 9.17) is 4.74 Å². The van der Waals surface area contributed by atoms with Crippen LogP contribution in [-0.2, 0) is 4.74 Å². The maximum absolute atomic E-state index is 5.54. The highest BCUT2D eigenvalue weighted by atomic mass is 32.2. The molecule has 2 rings (SSSR count). The first-order chi connectivity index (χ1) is 5.47. The van der Waals surface area contributed by atoms with Crippen molar-refractivity contribution in [3.8, 4) is 0 Å². The van der Waals surface area contributed by atoms with Gasteiger partial charge in [0.25, 0.3) is 0 Å². The van der Waals surface area contributed by atoms with Crippen molar-refractivity contribution in [2.75, 3.05) is 24.7 Å². The minimum absolute atomic E-state index is 0.324. The Hall–Kier alpha value is 0.620. The minimum atomic E-state index is 0.324. The van der Waals surface area contributed by atoms with E-state index in [9.17, 15) is 0 Å². The second-order valence-electron chi connectivity index (χ2n) is 2.71. The van der Waals surface area contributed by atoms with E-state index >= 15 is 0 Å². The minimum Gasteiger partial charge on any atom is -0.360 e. The Morgan fingerprint density at radius 3 is 2.73 bits per heavy atom. The number of hydrogen-bond acceptors (Lipinski definition) is 4. The molecular weight excluding hydrogens is 178 g/mol. The summed E-state index contributed by atoms with van der Waals surface area (Å²) in [6, 6.07) is 0. The molecule has 11 heavy (non-hydrogen) atoms. The fraction of sp³-hybridized carbons (Fsp3) is 1.00. The molecule has 0 bridgehead atoms. The van der Waals surface area contributed by atoms with Crippen LogP contribution in [0.1, 0.15) is 6.42 Å². The summed E-state index contributed by atoms with van der Waals surface area (Å²) in [6.45, 7) is 1.92. The molecule has 2 nitrogen and oxygen atoms in total. The van der Waals surface area contributed by atoms with Gasteiger partial charge in [-0.25, -0.2) is 0 Å². The maximum atomic E-state index is 5.54. The highest BCUT2D eigenvalue weighted by Crippen LogP contribution is 2.33. The Balaban J connectivity index is 1.82. The summed E-state index contributed by atoms with van der Waals surface area (Å²) in [5.74, 6) is 2.61. The third-order valence-electron chi connectivity index (χ3n) is 1.85. The average Bonchev–Trinajstić information content (AvgIpc) is 2.58. The van der Waals surface area contributed by atoms with Crippen LogP contribution in [0, 0.1) is 0 Å². The summed E-state index contributed by atoms with van der Waals surface area (Å²) >= 11 is 4.07. The van der Waals surface area contributed by atoms with Gasteiger partial charge in [-0.2, -0.15) is 0 Å². The summed E-state index contributed by atoms with van der Waals surface area (Å²) in [4.78, 5) is 0. The molecule has 0 aromatic rings. The molecule has 2 saturated heterocycles. The predicted molar refractivity (Wildman–Crippen MR) is 51.1 cm³/mol. The molecule has 0 amide bonds. The highest BCUT2D eigenvalue weighted by molar-refractivity contribution is 8.17. The normalized spacial score (nSPS) is 34.4. The van der Waals surface area contributed by atoms with Gasteiger partial charge in [0, 0.05) is 6.54 Å². The van der Waals surface area contributed by atoms with Gasteiger partial charge in [-0.3, -0.25) is 5.32 Å². The van der Waals surface area contributed by atoms with Crippen molar-refractivity contribution in [2.24, 2.45) is 0 Å². The van der Waals surface area contributed by atoms with Crippen LogP contribution in [0.5, 0.6) is 0 Å². The molecule has 0 saturated carbocycles. The topological polar surface area (TPSA) is 21.3 Å². The van der Waals surface area contributed by atoms with Gasteiger partial charge in [0.2, 0.25) is 0 Å². The molecule has 4 heteroatoms. The molecule has 0 spiro atoms. The number of rotatable bonds is 1. The van der Waals surface area contributed by atoms with E-state index in [0.29, 0.717) is 10.8 Å². The third kappa shape index (κ3) is 2.05. The molecule has 0 aromatic carbocycles. The Labute approximate surface area is 75.8 Å². The lowest BCUT2D eigenvalue weighted by atomic mass is 10.6. The zero-order valence-electron chi connectivity index (χ0n) is 6.41. The Bertz CT molecular complexity index is 122. The first-order valence-corrected chi connectivity index (χ1v) is 6.15. The van der Waals surface area contributed by atoms with Crippen molar-refractivity contribution in [1.82, 2.24) is 5.32 Å². The fourth-order valence-electron chi connectivity index (χ4n) is 1.30. The van der Waals surface area contributed by atoms with E-state index < -0.39 is 0 Å². The van der Waals surface area contributed by atoms with Crippen molar-refractivity contribution in [3.63, 3.8) is 0 Å². The molecule has 0 radical (unpaired) electrons. The van der Waals surface area contributed by atoms with Crippen molar-refractivity contribution in [3.05, 3.63) is 0 Å². The van der Waals surface area contributed by atoms with Gasteiger partial charge in [-0.1, -0.05) is 0 Å². The molecule has 2 aliphatic rings. The van der Waals surface area contributed by atoms with E-state index in [1.165, 1.54) is 17.9 Å². The third-order valence-corrected chi connectivity index (χ3v) is 4.86. The number of thioether (sulfide) groups is 2. The number of hydrogen-bond donors (Lipinski definition) is 1. The summed E-state index contributed by atoms with van der Waals surface area (Å²) in [5.41, 5.74) is 0. The van der Waals surface area contributed by atoms with Gasteiger partial charge >= 0.3 is 0 Å². The standard InChI is InChI=1S/C7H13NOS2/c1-4-10-7(11-5-1)6-8-2-3-9-6/h6-8H,1-5H2. The largest absolute Gasteiger partial charge is 0.360 e. The Morgan fingerprint density at radius 2 is 2.09 bits per heavy atom. The second-order valence-corrected chi connectivity index (χ2v) is 5.51. The lowest BCUT2D eigenvalue weighted by Gasteiger charge is -2.25.